The number of rotatable bonds is 2. The Labute approximate surface area is 103 Å². The van der Waals surface area contributed by atoms with E-state index in [4.69, 9.17) is 5.26 Å². The first-order valence-electron chi connectivity index (χ1n) is 4.61. The quantitative estimate of drug-likeness (QED) is 0.617. The molecule has 0 bridgehead atoms. The summed E-state index contributed by atoms with van der Waals surface area (Å²) in [5.41, 5.74) is -5.43. The van der Waals surface area contributed by atoms with Gasteiger partial charge in [-0.15, -0.1) is 0 Å². The van der Waals surface area contributed by atoms with Crippen LogP contribution in [-0.4, -0.2) is 18.1 Å². The summed E-state index contributed by atoms with van der Waals surface area (Å²) in [6, 6.07) is 1.57. The first-order chi connectivity index (χ1) is 8.72. The number of pyridine rings is 1. The monoisotopic (exact) mass is 280 g/mol. The Morgan fingerprint density at radius 1 is 1.47 bits per heavy atom. The van der Waals surface area contributed by atoms with Gasteiger partial charge in [-0.1, -0.05) is 0 Å². The molecule has 0 saturated carbocycles. The molecular weight excluding hydrogens is 275 g/mol. The molecule has 0 amide bonds. The minimum absolute atomic E-state index is 0.459. The number of carbonyl (C=O) groups is 1. The zero-order valence-electron chi connectivity index (χ0n) is 9.26. The number of methoxy groups -OCH3 is 1. The molecule has 0 aliphatic heterocycles. The van der Waals surface area contributed by atoms with Crippen molar-refractivity contribution in [2.45, 2.75) is 12.6 Å². The van der Waals surface area contributed by atoms with Crippen molar-refractivity contribution in [2.24, 2.45) is 0 Å². The average molecular weight is 280 g/mol. The van der Waals surface area contributed by atoms with E-state index in [1.807, 2.05) is 0 Å². The standard InChI is InChI=1S/C10H5F5N2O2/c1-19-9(18)5-2-4(3-16)6(10(13,14)15)7(17-5)8(11)12/h2,8H,1H3. The normalized spacial score (nSPS) is 11.3. The molecule has 0 aromatic carbocycles. The predicted octanol–water partition coefficient (Wildman–Crippen LogP) is 2.70. The summed E-state index contributed by atoms with van der Waals surface area (Å²) in [5, 5.41) is 8.59. The first-order valence-corrected chi connectivity index (χ1v) is 4.61. The smallest absolute Gasteiger partial charge is 0.419 e. The Kier molecular flexibility index (Phi) is 4.04. The van der Waals surface area contributed by atoms with Gasteiger partial charge in [-0.3, -0.25) is 0 Å². The van der Waals surface area contributed by atoms with Crippen molar-refractivity contribution < 1.29 is 31.5 Å². The molecule has 0 atom stereocenters. The third-order valence-electron chi connectivity index (χ3n) is 2.05. The van der Waals surface area contributed by atoms with Gasteiger partial charge in [0.2, 0.25) is 0 Å². The molecule has 4 nitrogen and oxygen atoms in total. The van der Waals surface area contributed by atoms with Crippen LogP contribution in [0.1, 0.15) is 33.7 Å². The van der Waals surface area contributed by atoms with E-state index in [0.717, 1.165) is 13.2 Å². The molecule has 1 heterocycles. The van der Waals surface area contributed by atoms with Gasteiger partial charge in [0.05, 0.1) is 18.7 Å². The van der Waals surface area contributed by atoms with Crippen LogP contribution >= 0.6 is 0 Å². The molecule has 0 fully saturated rings. The molecule has 1 aromatic heterocycles. The van der Waals surface area contributed by atoms with Crippen LogP contribution in [0.15, 0.2) is 6.07 Å². The minimum atomic E-state index is -5.18. The summed E-state index contributed by atoms with van der Waals surface area (Å²) >= 11 is 0. The molecule has 0 aliphatic carbocycles. The van der Waals surface area contributed by atoms with Crippen LogP contribution < -0.4 is 0 Å². The molecule has 0 radical (unpaired) electrons. The number of alkyl halides is 5. The Morgan fingerprint density at radius 3 is 2.42 bits per heavy atom. The van der Waals surface area contributed by atoms with E-state index in [0.29, 0.717) is 6.07 Å². The highest BCUT2D eigenvalue weighted by molar-refractivity contribution is 5.87. The van der Waals surface area contributed by atoms with Crippen molar-refractivity contribution in [1.82, 2.24) is 4.98 Å². The second-order valence-corrected chi connectivity index (χ2v) is 3.22. The number of aromatic nitrogens is 1. The zero-order chi connectivity index (χ0) is 14.8. The highest BCUT2D eigenvalue weighted by Gasteiger charge is 2.40. The van der Waals surface area contributed by atoms with Crippen LogP contribution in [-0.2, 0) is 10.9 Å². The van der Waals surface area contributed by atoms with E-state index in [1.54, 1.807) is 0 Å². The molecule has 0 unspecified atom stereocenters. The van der Waals surface area contributed by atoms with Crippen molar-refractivity contribution >= 4 is 5.97 Å². The van der Waals surface area contributed by atoms with E-state index >= 15 is 0 Å². The highest BCUT2D eigenvalue weighted by atomic mass is 19.4. The van der Waals surface area contributed by atoms with Crippen LogP contribution in [0, 0.1) is 11.3 Å². The number of hydrogen-bond acceptors (Lipinski definition) is 4. The molecule has 0 spiro atoms. The Morgan fingerprint density at radius 2 is 2.05 bits per heavy atom. The average Bonchev–Trinajstić information content (AvgIpc) is 2.34. The SMILES string of the molecule is COC(=O)c1cc(C#N)c(C(F)(F)F)c(C(F)F)n1. The molecule has 0 aliphatic rings. The van der Waals surface area contributed by atoms with Gasteiger partial charge >= 0.3 is 12.1 Å². The maximum Gasteiger partial charge on any atom is 0.419 e. The van der Waals surface area contributed by atoms with E-state index in [1.165, 1.54) is 0 Å². The summed E-state index contributed by atoms with van der Waals surface area (Å²) in [6.07, 6.45) is -8.77. The van der Waals surface area contributed by atoms with Gasteiger partial charge in [0.25, 0.3) is 6.43 Å². The van der Waals surface area contributed by atoms with Gasteiger partial charge in [-0.25, -0.2) is 18.6 Å². The van der Waals surface area contributed by atoms with E-state index < -0.39 is 41.1 Å². The van der Waals surface area contributed by atoms with E-state index in [-0.39, 0.29) is 0 Å². The lowest BCUT2D eigenvalue weighted by atomic mass is 10.1. The summed E-state index contributed by atoms with van der Waals surface area (Å²) in [5.74, 6) is -1.22. The van der Waals surface area contributed by atoms with Gasteiger partial charge in [0.1, 0.15) is 17.0 Å². The van der Waals surface area contributed by atoms with Crippen molar-refractivity contribution in [1.29, 1.82) is 5.26 Å². The van der Waals surface area contributed by atoms with Gasteiger partial charge in [-0.2, -0.15) is 18.4 Å². The first kappa shape index (κ1) is 14.8. The summed E-state index contributed by atoms with van der Waals surface area (Å²) in [7, 11) is 0.899. The van der Waals surface area contributed by atoms with Gasteiger partial charge in [0.15, 0.2) is 0 Å². The van der Waals surface area contributed by atoms with Crippen molar-refractivity contribution in [3.63, 3.8) is 0 Å². The predicted molar refractivity (Wildman–Crippen MR) is 50.3 cm³/mol. The highest BCUT2D eigenvalue weighted by Crippen LogP contribution is 2.37. The molecular formula is C10H5F5N2O2. The fraction of sp³-hybridized carbons (Fsp3) is 0.300. The van der Waals surface area contributed by atoms with Crippen LogP contribution in [0.2, 0.25) is 0 Å². The molecule has 19 heavy (non-hydrogen) atoms. The number of halogens is 5. The number of esters is 1. The van der Waals surface area contributed by atoms with Crippen LogP contribution in [0.5, 0.6) is 0 Å². The molecule has 102 valence electrons. The lowest BCUT2D eigenvalue weighted by Crippen LogP contribution is -2.17. The zero-order valence-corrected chi connectivity index (χ0v) is 9.26. The summed E-state index contributed by atoms with van der Waals surface area (Å²) < 4.78 is 67.2. The van der Waals surface area contributed by atoms with Crippen LogP contribution in [0.25, 0.3) is 0 Å². The largest absolute Gasteiger partial charge is 0.464 e. The van der Waals surface area contributed by atoms with Crippen LogP contribution in [0.4, 0.5) is 22.0 Å². The fourth-order valence-corrected chi connectivity index (χ4v) is 1.32. The van der Waals surface area contributed by atoms with Crippen molar-refractivity contribution in [2.75, 3.05) is 7.11 Å². The topological polar surface area (TPSA) is 63.0 Å². The number of carbonyl (C=O) groups excluding carboxylic acids is 1. The lowest BCUT2D eigenvalue weighted by molar-refractivity contribution is -0.140. The molecule has 9 heteroatoms. The third kappa shape index (κ3) is 2.96. The number of nitrogens with zero attached hydrogens (tertiary/aromatic N) is 2. The van der Waals surface area contributed by atoms with Gasteiger partial charge < -0.3 is 4.74 Å². The Hall–Kier alpha value is -2.24. The molecule has 1 rings (SSSR count). The maximum absolute atomic E-state index is 12.6. The summed E-state index contributed by atoms with van der Waals surface area (Å²) in [4.78, 5) is 14.0. The number of ether oxygens (including phenoxy) is 1. The second kappa shape index (κ2) is 5.17. The van der Waals surface area contributed by atoms with E-state index in [9.17, 15) is 26.7 Å². The second-order valence-electron chi connectivity index (χ2n) is 3.22. The Balaban J connectivity index is 3.65. The fourth-order valence-electron chi connectivity index (χ4n) is 1.32. The third-order valence-corrected chi connectivity index (χ3v) is 2.05. The molecule has 1 aromatic rings. The van der Waals surface area contributed by atoms with Crippen LogP contribution in [0.3, 0.4) is 0 Å². The van der Waals surface area contributed by atoms with Crippen molar-refractivity contribution in [3.05, 3.63) is 28.6 Å². The van der Waals surface area contributed by atoms with Crippen molar-refractivity contribution in [3.8, 4) is 6.07 Å². The molecule has 0 saturated heterocycles. The van der Waals surface area contributed by atoms with Gasteiger partial charge in [0, 0.05) is 0 Å². The van der Waals surface area contributed by atoms with Gasteiger partial charge in [-0.05, 0) is 6.07 Å². The number of hydrogen-bond donors (Lipinski definition) is 0. The summed E-state index contributed by atoms with van der Waals surface area (Å²) in [6.45, 7) is 0. The lowest BCUT2D eigenvalue weighted by Gasteiger charge is -2.14. The van der Waals surface area contributed by atoms with E-state index in [2.05, 4.69) is 9.72 Å². The minimum Gasteiger partial charge on any atom is -0.464 e. The molecule has 0 N–H and O–H groups in total. The Bertz CT molecular complexity index is 548. The number of nitriles is 1. The maximum atomic E-state index is 12.6.